The van der Waals surface area contributed by atoms with E-state index in [9.17, 15) is 4.79 Å². The number of hydrogen-bond acceptors (Lipinski definition) is 6. The van der Waals surface area contributed by atoms with Gasteiger partial charge in [-0.25, -0.2) is 9.97 Å². The smallest absolute Gasteiger partial charge is 0.260 e. The van der Waals surface area contributed by atoms with Gasteiger partial charge in [0.15, 0.2) is 0 Å². The zero-order valence-corrected chi connectivity index (χ0v) is 21.4. The van der Waals surface area contributed by atoms with Crippen molar-refractivity contribution in [2.24, 2.45) is 0 Å². The molecule has 0 spiro atoms. The van der Waals surface area contributed by atoms with Gasteiger partial charge in [0, 0.05) is 74.1 Å². The number of benzene rings is 1. The molecule has 6 heterocycles. The summed E-state index contributed by atoms with van der Waals surface area (Å²) in [5, 5.41) is 4.93. The molecular weight excluding hydrogens is 486 g/mol. The third-order valence-corrected chi connectivity index (χ3v) is 7.32. The number of aromatic nitrogens is 5. The highest BCUT2D eigenvalue weighted by Gasteiger charge is 2.15. The van der Waals surface area contributed by atoms with Crippen LogP contribution in [0.3, 0.4) is 0 Å². The van der Waals surface area contributed by atoms with E-state index in [-0.39, 0.29) is 5.56 Å². The van der Waals surface area contributed by atoms with Crippen LogP contribution in [0.5, 0.6) is 0 Å². The van der Waals surface area contributed by atoms with Gasteiger partial charge in [-0.2, -0.15) is 0 Å². The number of fused-ring (bicyclic) bond motifs is 2. The SMILES string of the molecule is O=c1c2cncc(-c3ccccc3)c2ccn1Cc1cn2cc(CNc3cc(N4CCC4)ccn3)ccc2n1. The molecule has 1 aliphatic heterocycles. The Kier molecular flexibility index (Phi) is 5.77. The van der Waals surface area contributed by atoms with Crippen LogP contribution in [0.15, 0.2) is 103 Å². The topological polar surface area (TPSA) is 80.4 Å². The molecule has 39 heavy (non-hydrogen) atoms. The van der Waals surface area contributed by atoms with E-state index in [0.717, 1.165) is 52.3 Å². The highest BCUT2D eigenvalue weighted by atomic mass is 16.1. The summed E-state index contributed by atoms with van der Waals surface area (Å²) in [7, 11) is 0. The van der Waals surface area contributed by atoms with Crippen LogP contribution in [0.2, 0.25) is 0 Å². The highest BCUT2D eigenvalue weighted by Crippen LogP contribution is 2.26. The third-order valence-electron chi connectivity index (χ3n) is 7.32. The van der Waals surface area contributed by atoms with Crippen molar-refractivity contribution in [3.05, 3.63) is 119 Å². The number of nitrogens with zero attached hydrogens (tertiary/aromatic N) is 6. The third kappa shape index (κ3) is 4.50. The van der Waals surface area contributed by atoms with Gasteiger partial charge in [0.25, 0.3) is 5.56 Å². The maximum absolute atomic E-state index is 13.4. The summed E-state index contributed by atoms with van der Waals surface area (Å²) in [5.74, 6) is 0.867. The lowest BCUT2D eigenvalue weighted by atomic mass is 10.0. The second-order valence-electron chi connectivity index (χ2n) is 9.89. The van der Waals surface area contributed by atoms with Gasteiger partial charge in [-0.15, -0.1) is 0 Å². The normalized spacial score (nSPS) is 13.1. The van der Waals surface area contributed by atoms with Gasteiger partial charge in [-0.1, -0.05) is 36.4 Å². The fourth-order valence-corrected chi connectivity index (χ4v) is 5.11. The minimum atomic E-state index is -0.0762. The van der Waals surface area contributed by atoms with Crippen LogP contribution in [0.1, 0.15) is 17.7 Å². The van der Waals surface area contributed by atoms with Crippen molar-refractivity contribution >= 4 is 27.9 Å². The van der Waals surface area contributed by atoms with Crippen LogP contribution < -0.4 is 15.8 Å². The first-order valence-electron chi connectivity index (χ1n) is 13.2. The van der Waals surface area contributed by atoms with Gasteiger partial charge in [0.05, 0.1) is 17.6 Å². The Bertz CT molecular complexity index is 1850. The predicted octanol–water partition coefficient (Wildman–Crippen LogP) is 4.98. The Morgan fingerprint density at radius 2 is 1.82 bits per heavy atom. The minimum absolute atomic E-state index is 0.0762. The fourth-order valence-electron chi connectivity index (χ4n) is 5.11. The van der Waals surface area contributed by atoms with Crippen LogP contribution in [0, 0.1) is 0 Å². The summed E-state index contributed by atoms with van der Waals surface area (Å²) in [6.45, 7) is 3.26. The van der Waals surface area contributed by atoms with Crippen molar-refractivity contribution in [2.45, 2.75) is 19.5 Å². The average Bonchev–Trinajstić information content (AvgIpc) is 3.35. The number of imidazole rings is 1. The molecule has 1 N–H and O–H groups in total. The van der Waals surface area contributed by atoms with Crippen molar-refractivity contribution in [1.29, 1.82) is 0 Å². The molecule has 8 nitrogen and oxygen atoms in total. The molecule has 0 bridgehead atoms. The van der Waals surface area contributed by atoms with Gasteiger partial charge in [0.1, 0.15) is 11.5 Å². The quantitative estimate of drug-likeness (QED) is 0.325. The Hall–Kier alpha value is -4.98. The lowest BCUT2D eigenvalue weighted by Gasteiger charge is -2.33. The van der Waals surface area contributed by atoms with Gasteiger partial charge < -0.3 is 19.2 Å². The summed E-state index contributed by atoms with van der Waals surface area (Å²) in [6.07, 6.45) is 12.5. The van der Waals surface area contributed by atoms with E-state index in [0.29, 0.717) is 18.5 Å². The molecule has 0 amide bonds. The molecule has 8 heteroatoms. The molecule has 6 aromatic rings. The largest absolute Gasteiger partial charge is 0.371 e. The van der Waals surface area contributed by atoms with E-state index >= 15 is 0 Å². The Morgan fingerprint density at radius 1 is 0.923 bits per heavy atom. The molecule has 1 aliphatic rings. The molecular formula is C31H27N7O. The lowest BCUT2D eigenvalue weighted by molar-refractivity contribution is 0.617. The van der Waals surface area contributed by atoms with Crippen molar-refractivity contribution in [2.75, 3.05) is 23.3 Å². The molecule has 0 atom stereocenters. The average molecular weight is 514 g/mol. The van der Waals surface area contributed by atoms with Gasteiger partial charge >= 0.3 is 0 Å². The van der Waals surface area contributed by atoms with Crippen LogP contribution in [-0.4, -0.2) is 37.0 Å². The van der Waals surface area contributed by atoms with Crippen LogP contribution in [0.4, 0.5) is 11.5 Å². The Balaban J connectivity index is 1.11. The number of pyridine rings is 4. The fraction of sp³-hybridized carbons (Fsp3) is 0.161. The monoisotopic (exact) mass is 513 g/mol. The van der Waals surface area contributed by atoms with Crippen molar-refractivity contribution in [1.82, 2.24) is 23.9 Å². The van der Waals surface area contributed by atoms with Gasteiger partial charge in [-0.3, -0.25) is 9.78 Å². The summed E-state index contributed by atoms with van der Waals surface area (Å²) >= 11 is 0. The molecule has 1 fully saturated rings. The molecule has 1 saturated heterocycles. The van der Waals surface area contributed by atoms with Crippen LogP contribution in [0.25, 0.3) is 27.5 Å². The number of rotatable bonds is 7. The van der Waals surface area contributed by atoms with E-state index in [1.165, 1.54) is 12.1 Å². The summed E-state index contributed by atoms with van der Waals surface area (Å²) < 4.78 is 3.71. The number of anilines is 2. The number of nitrogens with one attached hydrogen (secondary N) is 1. The Labute approximate surface area is 225 Å². The zero-order valence-electron chi connectivity index (χ0n) is 21.4. The zero-order chi connectivity index (χ0) is 26.2. The standard InChI is InChI=1S/C31H27N7O/c39-31-28-18-32-17-27(23-5-2-1-3-6-23)26(28)10-14-37(31)20-24-21-38-19-22(7-8-30(38)35-24)16-34-29-15-25(9-11-33-29)36-12-4-13-36/h1-3,5-11,14-15,17-19,21H,4,12-13,16,20H2,(H,33,34). The minimum Gasteiger partial charge on any atom is -0.371 e. The second kappa shape index (κ2) is 9.72. The first kappa shape index (κ1) is 23.2. The summed E-state index contributed by atoms with van der Waals surface area (Å²) in [6, 6.07) is 20.2. The maximum Gasteiger partial charge on any atom is 0.260 e. The number of hydrogen-bond donors (Lipinski definition) is 1. The van der Waals surface area contributed by atoms with Gasteiger partial charge in [0.2, 0.25) is 0 Å². The highest BCUT2D eigenvalue weighted by molar-refractivity contribution is 5.95. The van der Waals surface area contributed by atoms with Crippen LogP contribution in [-0.2, 0) is 13.1 Å². The first-order valence-corrected chi connectivity index (χ1v) is 13.2. The van der Waals surface area contributed by atoms with Crippen LogP contribution >= 0.6 is 0 Å². The predicted molar refractivity (Wildman–Crippen MR) is 154 cm³/mol. The first-order chi connectivity index (χ1) is 19.2. The van der Waals surface area contributed by atoms with E-state index < -0.39 is 0 Å². The van der Waals surface area contributed by atoms with E-state index in [1.54, 1.807) is 10.8 Å². The second-order valence-corrected chi connectivity index (χ2v) is 9.89. The molecule has 1 aromatic carbocycles. The van der Waals surface area contributed by atoms with E-state index in [2.05, 4.69) is 44.6 Å². The van der Waals surface area contributed by atoms with Crippen molar-refractivity contribution in [3.63, 3.8) is 0 Å². The van der Waals surface area contributed by atoms with E-state index in [4.69, 9.17) is 4.98 Å². The Morgan fingerprint density at radius 3 is 2.67 bits per heavy atom. The molecule has 0 radical (unpaired) electrons. The lowest BCUT2D eigenvalue weighted by Crippen LogP contribution is -2.36. The molecule has 7 rings (SSSR count). The molecule has 192 valence electrons. The van der Waals surface area contributed by atoms with Gasteiger partial charge in [-0.05, 0) is 41.1 Å². The van der Waals surface area contributed by atoms with Crippen molar-refractivity contribution < 1.29 is 0 Å². The molecule has 5 aromatic heterocycles. The maximum atomic E-state index is 13.4. The van der Waals surface area contributed by atoms with E-state index in [1.807, 2.05) is 71.7 Å². The summed E-state index contributed by atoms with van der Waals surface area (Å²) in [5.41, 5.74) is 5.90. The molecule has 0 saturated carbocycles. The molecule has 0 unspecified atom stereocenters. The molecule has 0 aliphatic carbocycles. The summed E-state index contributed by atoms with van der Waals surface area (Å²) in [4.78, 5) is 29.3. The van der Waals surface area contributed by atoms with Crippen molar-refractivity contribution in [3.8, 4) is 11.1 Å².